The summed E-state index contributed by atoms with van der Waals surface area (Å²) in [7, 11) is 0. The molecule has 0 spiro atoms. The number of H-pyrrole nitrogens is 1. The molecule has 2 N–H and O–H groups in total. The molecule has 1 heterocycles. The molecule has 0 aromatic carbocycles. The third-order valence-corrected chi connectivity index (χ3v) is 2.99. The van der Waals surface area contributed by atoms with Crippen molar-refractivity contribution in [1.82, 2.24) is 4.98 Å². The third kappa shape index (κ3) is 2.05. The van der Waals surface area contributed by atoms with Gasteiger partial charge in [-0.2, -0.15) is 0 Å². The fourth-order valence-corrected chi connectivity index (χ4v) is 2.28. The molecule has 1 aromatic heterocycles. The summed E-state index contributed by atoms with van der Waals surface area (Å²) in [6.45, 7) is 1.93. The van der Waals surface area contributed by atoms with Crippen LogP contribution < -0.4 is 0 Å². The molecule has 1 aliphatic rings. The lowest BCUT2D eigenvalue weighted by atomic mass is 9.94. The van der Waals surface area contributed by atoms with Gasteiger partial charge in [-0.3, -0.25) is 0 Å². The van der Waals surface area contributed by atoms with Crippen LogP contribution in [-0.2, 0) is 17.6 Å². The number of aryl methyl sites for hydroxylation is 1. The van der Waals surface area contributed by atoms with Crippen molar-refractivity contribution >= 4 is 11.9 Å². The van der Waals surface area contributed by atoms with Gasteiger partial charge in [-0.1, -0.05) is 0 Å². The summed E-state index contributed by atoms with van der Waals surface area (Å²) < 4.78 is 4.86. The molecule has 0 fully saturated rings. The molecular formula is C12H15NO4. The molecule has 0 bridgehead atoms. The summed E-state index contributed by atoms with van der Waals surface area (Å²) in [6.07, 6.45) is 3.50. The molecule has 5 nitrogen and oxygen atoms in total. The number of carboxylic acid groups (broad SMARTS) is 1. The Kier molecular flexibility index (Phi) is 3.17. The first-order chi connectivity index (χ1) is 8.15. The van der Waals surface area contributed by atoms with E-state index < -0.39 is 11.9 Å². The molecule has 1 aromatic rings. The summed E-state index contributed by atoms with van der Waals surface area (Å²) in [4.78, 5) is 25.8. The van der Waals surface area contributed by atoms with Crippen LogP contribution in [0.2, 0.25) is 0 Å². The zero-order valence-electron chi connectivity index (χ0n) is 9.71. The SMILES string of the molecule is CCOC(=O)c1[nH]c2c(c1C(=O)O)CCCC2. The molecule has 1 aliphatic carbocycles. The molecule has 0 radical (unpaired) electrons. The number of hydrogen-bond acceptors (Lipinski definition) is 3. The van der Waals surface area contributed by atoms with Crippen LogP contribution in [0.15, 0.2) is 0 Å². The number of carbonyl (C=O) groups is 2. The van der Waals surface area contributed by atoms with Crippen LogP contribution in [0.4, 0.5) is 0 Å². The lowest BCUT2D eigenvalue weighted by molar-refractivity contribution is 0.0508. The van der Waals surface area contributed by atoms with Gasteiger partial charge in [0.1, 0.15) is 5.69 Å². The van der Waals surface area contributed by atoms with Crippen molar-refractivity contribution in [2.24, 2.45) is 0 Å². The molecule has 17 heavy (non-hydrogen) atoms. The van der Waals surface area contributed by atoms with E-state index in [-0.39, 0.29) is 17.9 Å². The number of carbonyl (C=O) groups excluding carboxylic acids is 1. The number of nitrogens with one attached hydrogen (secondary N) is 1. The normalized spacial score (nSPS) is 14.2. The second kappa shape index (κ2) is 4.61. The molecule has 5 heteroatoms. The Morgan fingerprint density at radius 2 is 2.06 bits per heavy atom. The van der Waals surface area contributed by atoms with Crippen molar-refractivity contribution in [1.29, 1.82) is 0 Å². The summed E-state index contributed by atoms with van der Waals surface area (Å²) in [5, 5.41) is 9.20. The minimum absolute atomic E-state index is 0.0891. The van der Waals surface area contributed by atoms with Crippen LogP contribution in [0.5, 0.6) is 0 Å². The first-order valence-corrected chi connectivity index (χ1v) is 5.79. The minimum atomic E-state index is -1.06. The highest BCUT2D eigenvalue weighted by Crippen LogP contribution is 2.27. The van der Waals surface area contributed by atoms with E-state index in [4.69, 9.17) is 4.74 Å². The standard InChI is InChI=1S/C12H15NO4/c1-2-17-12(16)10-9(11(14)15)7-5-3-4-6-8(7)13-10/h13H,2-6H2,1H3,(H,14,15). The molecular weight excluding hydrogens is 222 g/mol. The third-order valence-electron chi connectivity index (χ3n) is 2.99. The van der Waals surface area contributed by atoms with Gasteiger partial charge in [0.05, 0.1) is 12.2 Å². The van der Waals surface area contributed by atoms with E-state index in [0.717, 1.165) is 30.5 Å². The quantitative estimate of drug-likeness (QED) is 0.785. The van der Waals surface area contributed by atoms with Crippen molar-refractivity contribution in [3.63, 3.8) is 0 Å². The average Bonchev–Trinajstić information content (AvgIpc) is 2.68. The number of esters is 1. The van der Waals surface area contributed by atoms with Gasteiger partial charge in [0.2, 0.25) is 0 Å². The van der Waals surface area contributed by atoms with Crippen LogP contribution >= 0.6 is 0 Å². The first kappa shape index (κ1) is 11.7. The highest BCUT2D eigenvalue weighted by molar-refractivity contribution is 6.02. The Balaban J connectivity index is 2.47. The number of ether oxygens (including phenoxy) is 1. The van der Waals surface area contributed by atoms with Gasteiger partial charge < -0.3 is 14.8 Å². The smallest absolute Gasteiger partial charge is 0.355 e. The first-order valence-electron chi connectivity index (χ1n) is 5.79. The highest BCUT2D eigenvalue weighted by Gasteiger charge is 2.28. The summed E-state index contributed by atoms with van der Waals surface area (Å²) in [5.74, 6) is -1.65. The zero-order chi connectivity index (χ0) is 12.4. The largest absolute Gasteiger partial charge is 0.478 e. The van der Waals surface area contributed by atoms with E-state index in [1.54, 1.807) is 6.92 Å². The van der Waals surface area contributed by atoms with Gasteiger partial charge in [0, 0.05) is 5.69 Å². The number of aromatic nitrogens is 1. The number of rotatable bonds is 3. The number of aromatic amines is 1. The summed E-state index contributed by atoms with van der Waals surface area (Å²) in [6, 6.07) is 0. The molecule has 0 saturated heterocycles. The number of aromatic carboxylic acids is 1. The molecule has 0 saturated carbocycles. The highest BCUT2D eigenvalue weighted by atomic mass is 16.5. The monoisotopic (exact) mass is 237 g/mol. The maximum absolute atomic E-state index is 11.7. The van der Waals surface area contributed by atoms with Crippen molar-refractivity contribution in [3.8, 4) is 0 Å². The maximum atomic E-state index is 11.7. The molecule has 0 amide bonds. The van der Waals surface area contributed by atoms with Gasteiger partial charge in [0.15, 0.2) is 0 Å². The Morgan fingerprint density at radius 1 is 1.35 bits per heavy atom. The van der Waals surface area contributed by atoms with Gasteiger partial charge >= 0.3 is 11.9 Å². The predicted octanol–water partition coefficient (Wildman–Crippen LogP) is 1.77. The second-order valence-electron chi connectivity index (χ2n) is 4.06. The fraction of sp³-hybridized carbons (Fsp3) is 0.500. The van der Waals surface area contributed by atoms with Crippen LogP contribution in [-0.4, -0.2) is 28.6 Å². The van der Waals surface area contributed by atoms with Gasteiger partial charge in [0.25, 0.3) is 0 Å². The minimum Gasteiger partial charge on any atom is -0.478 e. The van der Waals surface area contributed by atoms with Gasteiger partial charge in [-0.05, 0) is 38.2 Å². The molecule has 0 atom stereocenters. The van der Waals surface area contributed by atoms with E-state index >= 15 is 0 Å². The summed E-state index contributed by atoms with van der Waals surface area (Å²) >= 11 is 0. The van der Waals surface area contributed by atoms with Gasteiger partial charge in [-0.25, -0.2) is 9.59 Å². The second-order valence-corrected chi connectivity index (χ2v) is 4.06. The number of fused-ring (bicyclic) bond motifs is 1. The van der Waals surface area contributed by atoms with Crippen LogP contribution in [0.3, 0.4) is 0 Å². The summed E-state index contributed by atoms with van der Waals surface area (Å²) in [5.41, 5.74) is 1.83. The van der Waals surface area contributed by atoms with Crippen molar-refractivity contribution in [3.05, 3.63) is 22.5 Å². The Labute approximate surface area is 98.8 Å². The van der Waals surface area contributed by atoms with Crippen LogP contribution in [0.1, 0.15) is 51.9 Å². The number of carboxylic acids is 1. The average molecular weight is 237 g/mol. The lowest BCUT2D eigenvalue weighted by Gasteiger charge is -2.10. The maximum Gasteiger partial charge on any atom is 0.355 e. The van der Waals surface area contributed by atoms with E-state index in [1.807, 2.05) is 0 Å². The van der Waals surface area contributed by atoms with Crippen molar-refractivity contribution in [2.75, 3.05) is 6.61 Å². The molecule has 0 aliphatic heterocycles. The van der Waals surface area contributed by atoms with E-state index in [2.05, 4.69) is 4.98 Å². The van der Waals surface area contributed by atoms with Crippen LogP contribution in [0, 0.1) is 0 Å². The fourth-order valence-electron chi connectivity index (χ4n) is 2.28. The Bertz CT molecular complexity index is 461. The van der Waals surface area contributed by atoms with E-state index in [9.17, 15) is 14.7 Å². The van der Waals surface area contributed by atoms with E-state index in [1.165, 1.54) is 0 Å². The lowest BCUT2D eigenvalue weighted by Crippen LogP contribution is -2.12. The topological polar surface area (TPSA) is 79.4 Å². The zero-order valence-corrected chi connectivity index (χ0v) is 9.71. The van der Waals surface area contributed by atoms with E-state index in [0.29, 0.717) is 6.42 Å². The molecule has 2 rings (SSSR count). The van der Waals surface area contributed by atoms with Gasteiger partial charge in [-0.15, -0.1) is 0 Å². The van der Waals surface area contributed by atoms with Crippen molar-refractivity contribution in [2.45, 2.75) is 32.6 Å². The molecule has 92 valence electrons. The number of hydrogen-bond donors (Lipinski definition) is 2. The predicted molar refractivity (Wildman–Crippen MR) is 60.4 cm³/mol. The molecule has 0 unspecified atom stereocenters. The Hall–Kier alpha value is -1.78. The Morgan fingerprint density at radius 3 is 2.71 bits per heavy atom. The van der Waals surface area contributed by atoms with Crippen LogP contribution in [0.25, 0.3) is 0 Å². The van der Waals surface area contributed by atoms with Crippen molar-refractivity contribution < 1.29 is 19.4 Å².